The molecule has 2 heterocycles. The first kappa shape index (κ1) is 18.7. The molecule has 0 radical (unpaired) electrons. The minimum Gasteiger partial charge on any atom is -0.361 e. The number of benzene rings is 2. The molecule has 9 heteroatoms. The van der Waals surface area contributed by atoms with Gasteiger partial charge in [0.2, 0.25) is 5.91 Å². The fraction of sp³-hybridized carbons (Fsp3) is 0.100. The van der Waals surface area contributed by atoms with Gasteiger partial charge in [0.15, 0.2) is 0 Å². The van der Waals surface area contributed by atoms with E-state index in [1.807, 2.05) is 0 Å². The Kier molecular flexibility index (Phi) is 4.57. The number of carbonyl (C=O) groups is 1. The second-order valence-corrected chi connectivity index (χ2v) is 6.45. The van der Waals surface area contributed by atoms with Crippen molar-refractivity contribution in [1.82, 2.24) is 14.8 Å². The summed E-state index contributed by atoms with van der Waals surface area (Å²) in [6.45, 7) is 0. The molecule has 148 valence electrons. The Morgan fingerprint density at radius 1 is 1.17 bits per heavy atom. The number of hydrogen-bond acceptors (Lipinski definition) is 2. The monoisotopic (exact) mass is 402 g/mol. The highest BCUT2D eigenvalue weighted by Gasteiger charge is 2.32. The van der Waals surface area contributed by atoms with E-state index in [1.165, 1.54) is 18.2 Å². The first-order valence-corrected chi connectivity index (χ1v) is 8.57. The number of anilines is 1. The van der Waals surface area contributed by atoms with E-state index in [2.05, 4.69) is 15.4 Å². The van der Waals surface area contributed by atoms with Gasteiger partial charge >= 0.3 is 6.18 Å². The first-order chi connectivity index (χ1) is 13.8. The minimum atomic E-state index is -4.48. The van der Waals surface area contributed by atoms with Crippen LogP contribution in [0.1, 0.15) is 11.1 Å². The summed E-state index contributed by atoms with van der Waals surface area (Å²) in [7, 11) is 0. The Morgan fingerprint density at radius 3 is 2.76 bits per heavy atom. The van der Waals surface area contributed by atoms with E-state index in [1.54, 1.807) is 30.5 Å². The number of fused-ring (bicyclic) bond motifs is 1. The zero-order valence-corrected chi connectivity index (χ0v) is 14.8. The molecule has 5 nitrogen and oxygen atoms in total. The van der Waals surface area contributed by atoms with Crippen LogP contribution >= 0.6 is 0 Å². The topological polar surface area (TPSA) is 62.7 Å². The van der Waals surface area contributed by atoms with Gasteiger partial charge in [-0.05, 0) is 42.0 Å². The number of amides is 1. The van der Waals surface area contributed by atoms with Gasteiger partial charge in [-0.3, -0.25) is 4.79 Å². The van der Waals surface area contributed by atoms with Gasteiger partial charge in [-0.2, -0.15) is 18.3 Å². The van der Waals surface area contributed by atoms with Crippen LogP contribution in [0.4, 0.5) is 23.2 Å². The van der Waals surface area contributed by atoms with Crippen molar-refractivity contribution in [2.24, 2.45) is 0 Å². The van der Waals surface area contributed by atoms with Crippen molar-refractivity contribution in [2.45, 2.75) is 12.6 Å². The van der Waals surface area contributed by atoms with Gasteiger partial charge in [-0.25, -0.2) is 9.07 Å². The number of halogens is 4. The molecule has 1 amide bonds. The normalized spacial score (nSPS) is 11.7. The van der Waals surface area contributed by atoms with Crippen molar-refractivity contribution in [1.29, 1.82) is 0 Å². The molecule has 2 aromatic carbocycles. The van der Waals surface area contributed by atoms with Crippen LogP contribution in [-0.4, -0.2) is 20.7 Å². The van der Waals surface area contributed by atoms with Gasteiger partial charge < -0.3 is 10.3 Å². The standard InChI is InChI=1S/C20H14F4N4O/c21-14-4-5-17-12(9-25-18(17)7-14)6-19(29)27-15-2-1-3-16(8-15)28-11-13(10-26-28)20(22,23)24/h1-5,7-11,25H,6H2,(H,27,29). The van der Waals surface area contributed by atoms with E-state index in [0.717, 1.165) is 22.5 Å². The average molecular weight is 402 g/mol. The SMILES string of the molecule is O=C(Cc1c[nH]c2cc(F)ccc12)Nc1cccc(-n2cc(C(F)(F)F)cn2)c1. The minimum absolute atomic E-state index is 0.0514. The van der Waals surface area contributed by atoms with Crippen LogP contribution in [0.25, 0.3) is 16.6 Å². The summed E-state index contributed by atoms with van der Waals surface area (Å²) in [5.41, 5.74) is 1.23. The van der Waals surface area contributed by atoms with Gasteiger partial charge in [0, 0.05) is 29.0 Å². The molecule has 0 aliphatic heterocycles. The van der Waals surface area contributed by atoms with Gasteiger partial charge in [0.05, 0.1) is 23.9 Å². The van der Waals surface area contributed by atoms with Crippen LogP contribution in [0, 0.1) is 5.82 Å². The second-order valence-electron chi connectivity index (χ2n) is 6.45. The number of nitrogens with one attached hydrogen (secondary N) is 2. The third-order valence-electron chi connectivity index (χ3n) is 4.38. The molecule has 2 aromatic heterocycles. The molecule has 0 saturated heterocycles. The fourth-order valence-corrected chi connectivity index (χ4v) is 3.02. The van der Waals surface area contributed by atoms with Gasteiger partial charge in [0.25, 0.3) is 0 Å². The summed E-state index contributed by atoms with van der Waals surface area (Å²) in [5.74, 6) is -0.691. The molecule has 0 aliphatic carbocycles. The molecule has 0 fully saturated rings. The summed E-state index contributed by atoms with van der Waals surface area (Å²) in [6.07, 6.45) is -1.16. The summed E-state index contributed by atoms with van der Waals surface area (Å²) < 4.78 is 52.6. The Hall–Kier alpha value is -3.62. The van der Waals surface area contributed by atoms with Crippen molar-refractivity contribution in [3.8, 4) is 5.69 Å². The summed E-state index contributed by atoms with van der Waals surface area (Å²) in [5, 5.41) is 7.18. The highest BCUT2D eigenvalue weighted by Crippen LogP contribution is 2.29. The first-order valence-electron chi connectivity index (χ1n) is 8.57. The highest BCUT2D eigenvalue weighted by atomic mass is 19.4. The molecule has 0 unspecified atom stereocenters. The Balaban J connectivity index is 1.50. The Morgan fingerprint density at radius 2 is 2.00 bits per heavy atom. The van der Waals surface area contributed by atoms with Crippen LogP contribution in [0.2, 0.25) is 0 Å². The number of hydrogen-bond donors (Lipinski definition) is 2. The van der Waals surface area contributed by atoms with Crippen LogP contribution in [0.15, 0.2) is 61.1 Å². The Labute approximate surface area is 162 Å². The van der Waals surface area contributed by atoms with Crippen LogP contribution < -0.4 is 5.32 Å². The van der Waals surface area contributed by atoms with Crippen molar-refractivity contribution in [2.75, 3.05) is 5.32 Å². The van der Waals surface area contributed by atoms with E-state index in [-0.39, 0.29) is 18.1 Å². The number of aromatic amines is 1. The van der Waals surface area contributed by atoms with Crippen LogP contribution in [-0.2, 0) is 17.4 Å². The van der Waals surface area contributed by atoms with Crippen molar-refractivity contribution >= 4 is 22.5 Å². The summed E-state index contributed by atoms with van der Waals surface area (Å²) in [4.78, 5) is 15.3. The molecular formula is C20H14F4N4O. The fourth-order valence-electron chi connectivity index (χ4n) is 3.02. The van der Waals surface area contributed by atoms with Gasteiger partial charge in [0.1, 0.15) is 5.82 Å². The molecule has 0 aliphatic rings. The number of aromatic nitrogens is 3. The number of H-pyrrole nitrogens is 1. The highest BCUT2D eigenvalue weighted by molar-refractivity contribution is 5.95. The maximum Gasteiger partial charge on any atom is 0.419 e. The maximum absolute atomic E-state index is 13.3. The van der Waals surface area contributed by atoms with Crippen molar-refractivity contribution in [3.63, 3.8) is 0 Å². The zero-order chi connectivity index (χ0) is 20.6. The average Bonchev–Trinajstić information content (AvgIpc) is 3.29. The zero-order valence-electron chi connectivity index (χ0n) is 14.8. The third-order valence-corrected chi connectivity index (χ3v) is 4.38. The molecule has 0 atom stereocenters. The predicted molar refractivity (Wildman–Crippen MR) is 99.2 cm³/mol. The summed E-state index contributed by atoms with van der Waals surface area (Å²) in [6, 6.07) is 10.6. The van der Waals surface area contributed by atoms with E-state index in [4.69, 9.17) is 0 Å². The van der Waals surface area contributed by atoms with Gasteiger partial charge in [-0.1, -0.05) is 6.07 Å². The second kappa shape index (κ2) is 7.08. The molecular weight excluding hydrogens is 388 g/mol. The number of rotatable bonds is 4. The van der Waals surface area contributed by atoms with Gasteiger partial charge in [-0.15, -0.1) is 0 Å². The molecule has 4 rings (SSSR count). The summed E-state index contributed by atoms with van der Waals surface area (Å²) >= 11 is 0. The molecule has 0 spiro atoms. The van der Waals surface area contributed by atoms with E-state index in [9.17, 15) is 22.4 Å². The lowest BCUT2D eigenvalue weighted by atomic mass is 10.1. The third kappa shape index (κ3) is 3.98. The number of alkyl halides is 3. The maximum atomic E-state index is 13.3. The van der Waals surface area contributed by atoms with Crippen molar-refractivity contribution < 1.29 is 22.4 Å². The molecule has 2 N–H and O–H groups in total. The molecule has 0 saturated carbocycles. The number of nitrogens with zero attached hydrogens (tertiary/aromatic N) is 2. The lowest BCUT2D eigenvalue weighted by molar-refractivity contribution is -0.137. The van der Waals surface area contributed by atoms with E-state index >= 15 is 0 Å². The Bertz CT molecular complexity index is 1190. The number of carbonyl (C=O) groups excluding carboxylic acids is 1. The van der Waals surface area contributed by atoms with E-state index in [0.29, 0.717) is 22.5 Å². The van der Waals surface area contributed by atoms with Crippen molar-refractivity contribution in [3.05, 3.63) is 78.0 Å². The lowest BCUT2D eigenvalue weighted by Crippen LogP contribution is -2.14. The van der Waals surface area contributed by atoms with Crippen LogP contribution in [0.3, 0.4) is 0 Å². The molecule has 4 aromatic rings. The molecule has 29 heavy (non-hydrogen) atoms. The smallest absolute Gasteiger partial charge is 0.361 e. The van der Waals surface area contributed by atoms with Crippen LogP contribution in [0.5, 0.6) is 0 Å². The van der Waals surface area contributed by atoms with E-state index < -0.39 is 11.7 Å². The quantitative estimate of drug-likeness (QED) is 0.487. The predicted octanol–water partition coefficient (Wildman–Crippen LogP) is 4.69. The largest absolute Gasteiger partial charge is 0.419 e. The lowest BCUT2D eigenvalue weighted by Gasteiger charge is -2.08. The molecule has 0 bridgehead atoms.